The Hall–Kier alpha value is -3.63. The molecule has 3 N–H and O–H groups in total. The van der Waals surface area contributed by atoms with Crippen molar-refractivity contribution in [1.82, 2.24) is 19.9 Å². The zero-order chi connectivity index (χ0) is 26.2. The monoisotopic (exact) mass is 519 g/mol. The molecule has 37 heavy (non-hydrogen) atoms. The van der Waals surface area contributed by atoms with Gasteiger partial charge in [0.1, 0.15) is 5.65 Å². The van der Waals surface area contributed by atoms with Crippen LogP contribution in [0.2, 0.25) is 0 Å². The van der Waals surface area contributed by atoms with Crippen molar-refractivity contribution in [3.8, 4) is 5.69 Å². The van der Waals surface area contributed by atoms with E-state index in [1.54, 1.807) is 39.1 Å². The van der Waals surface area contributed by atoms with Crippen molar-refractivity contribution in [1.29, 1.82) is 0 Å². The molecule has 0 amide bonds. The van der Waals surface area contributed by atoms with Crippen LogP contribution in [0.25, 0.3) is 16.7 Å². The maximum absolute atomic E-state index is 12.6. The molecule has 1 aliphatic rings. The number of likely N-dealkylation sites (N-methyl/N-ethyl adjacent to an activating group) is 1. The normalized spacial score (nSPS) is 16.3. The Balaban J connectivity index is 1.36. The minimum atomic E-state index is -3.53. The summed E-state index contributed by atoms with van der Waals surface area (Å²) in [5.74, 6) is 0.487. The highest BCUT2D eigenvalue weighted by atomic mass is 32.2. The first-order chi connectivity index (χ1) is 17.6. The molecule has 0 aliphatic carbocycles. The smallest absolute Gasteiger partial charge is 0.237 e. The Kier molecular flexibility index (Phi) is 6.55. The molecule has 9 nitrogen and oxygen atoms in total. The molecule has 10 heteroatoms. The van der Waals surface area contributed by atoms with Crippen molar-refractivity contribution in [2.24, 2.45) is 0 Å². The summed E-state index contributed by atoms with van der Waals surface area (Å²) in [5, 5.41) is 7.54. The summed E-state index contributed by atoms with van der Waals surface area (Å²) in [6, 6.07) is 18.1. The van der Waals surface area contributed by atoms with Crippen molar-refractivity contribution in [2.45, 2.75) is 38.0 Å². The van der Waals surface area contributed by atoms with Crippen LogP contribution in [0.1, 0.15) is 27.2 Å². The van der Waals surface area contributed by atoms with Crippen LogP contribution in [0.3, 0.4) is 0 Å². The molecule has 0 spiro atoms. The van der Waals surface area contributed by atoms with E-state index in [2.05, 4.69) is 37.4 Å². The van der Waals surface area contributed by atoms with Crippen molar-refractivity contribution in [3.05, 3.63) is 67.0 Å². The largest absolute Gasteiger partial charge is 0.370 e. The number of aromatic nitrogens is 3. The fraction of sp³-hybridized carbons (Fsp3) is 0.333. The van der Waals surface area contributed by atoms with Gasteiger partial charge in [-0.05, 0) is 82.8 Å². The van der Waals surface area contributed by atoms with Gasteiger partial charge in [-0.1, -0.05) is 6.07 Å². The summed E-state index contributed by atoms with van der Waals surface area (Å²) < 4.78 is 28.9. The number of fused-ring (bicyclic) bond motifs is 1. The summed E-state index contributed by atoms with van der Waals surface area (Å²) in [5.41, 5.74) is 4.13. The van der Waals surface area contributed by atoms with E-state index in [0.717, 1.165) is 41.9 Å². The third kappa shape index (κ3) is 5.26. The van der Waals surface area contributed by atoms with Gasteiger partial charge in [0.2, 0.25) is 16.0 Å². The molecular weight excluding hydrogens is 486 g/mol. The van der Waals surface area contributed by atoms with E-state index in [1.807, 2.05) is 48.1 Å². The van der Waals surface area contributed by atoms with Gasteiger partial charge in [-0.25, -0.2) is 13.4 Å². The Morgan fingerprint density at radius 1 is 1.00 bits per heavy atom. The van der Waals surface area contributed by atoms with Gasteiger partial charge in [-0.15, -0.1) is 0 Å². The lowest BCUT2D eigenvalue weighted by atomic mass is 10.2. The van der Waals surface area contributed by atoms with E-state index >= 15 is 0 Å². The predicted molar refractivity (Wildman–Crippen MR) is 151 cm³/mol. The molecule has 1 unspecified atom stereocenters. The molecule has 1 aliphatic heterocycles. The molecule has 3 heterocycles. The summed E-state index contributed by atoms with van der Waals surface area (Å²) in [6.45, 7) is 7.07. The molecule has 0 bridgehead atoms. The fourth-order valence-corrected chi connectivity index (χ4v) is 5.07. The summed E-state index contributed by atoms with van der Waals surface area (Å²) in [4.78, 5) is 11.6. The highest BCUT2D eigenvalue weighted by molar-refractivity contribution is 7.94. The number of hydrogen-bond donors (Lipinski definition) is 3. The second kappa shape index (κ2) is 9.68. The second-order valence-corrected chi connectivity index (χ2v) is 12.8. The van der Waals surface area contributed by atoms with Gasteiger partial charge in [0, 0.05) is 54.0 Å². The minimum absolute atomic E-state index is 0.487. The first kappa shape index (κ1) is 25.0. The van der Waals surface area contributed by atoms with Crippen LogP contribution < -0.4 is 20.3 Å². The fourth-order valence-electron chi connectivity index (χ4n) is 4.33. The molecule has 4 aromatic rings. The van der Waals surface area contributed by atoms with Crippen LogP contribution in [0.4, 0.5) is 23.0 Å². The number of sulfonamides is 1. The van der Waals surface area contributed by atoms with E-state index in [0.29, 0.717) is 17.7 Å². The van der Waals surface area contributed by atoms with E-state index in [4.69, 9.17) is 4.98 Å². The van der Waals surface area contributed by atoms with Crippen LogP contribution in [0.5, 0.6) is 0 Å². The van der Waals surface area contributed by atoms with Crippen LogP contribution >= 0.6 is 0 Å². The van der Waals surface area contributed by atoms with Gasteiger partial charge in [0.05, 0.1) is 10.4 Å². The maximum Gasteiger partial charge on any atom is 0.237 e. The number of anilines is 4. The van der Waals surface area contributed by atoms with Crippen molar-refractivity contribution in [2.75, 3.05) is 35.1 Å². The number of benzene rings is 2. The van der Waals surface area contributed by atoms with Crippen LogP contribution in [0.15, 0.2) is 67.0 Å². The van der Waals surface area contributed by atoms with E-state index < -0.39 is 14.8 Å². The molecule has 1 saturated heterocycles. The molecular formula is C27H33N7O2S. The first-order valence-corrected chi connectivity index (χ1v) is 13.9. The standard InChI is InChI=1S/C27H33N7O2S/c1-27(2,3)37(35,36)32-21-6-5-7-24(16-21)34-15-12-19-17-29-26(31-25(19)34)30-20-8-10-23(11-9-20)33-14-13-22(18-33)28-4/h5-12,15-17,22,28,32H,13-14,18H2,1-4H3,(H,29,30,31). The lowest BCUT2D eigenvalue weighted by molar-refractivity contribution is 0.566. The van der Waals surface area contributed by atoms with Gasteiger partial charge < -0.3 is 20.1 Å². The predicted octanol–water partition coefficient (Wildman–Crippen LogP) is 4.50. The third-order valence-electron chi connectivity index (χ3n) is 6.70. The molecule has 2 aromatic carbocycles. The van der Waals surface area contributed by atoms with Crippen molar-refractivity contribution < 1.29 is 8.42 Å². The van der Waals surface area contributed by atoms with Crippen LogP contribution in [-0.4, -0.2) is 53.9 Å². The zero-order valence-electron chi connectivity index (χ0n) is 21.6. The summed E-state index contributed by atoms with van der Waals surface area (Å²) in [7, 11) is -1.52. The zero-order valence-corrected chi connectivity index (χ0v) is 22.4. The number of nitrogens with one attached hydrogen (secondary N) is 3. The molecule has 5 rings (SSSR count). The summed E-state index contributed by atoms with van der Waals surface area (Å²) in [6.07, 6.45) is 4.84. The van der Waals surface area contributed by atoms with E-state index in [-0.39, 0.29) is 0 Å². The minimum Gasteiger partial charge on any atom is -0.370 e. The summed E-state index contributed by atoms with van der Waals surface area (Å²) >= 11 is 0. The van der Waals surface area contributed by atoms with Crippen LogP contribution in [-0.2, 0) is 10.0 Å². The van der Waals surface area contributed by atoms with Gasteiger partial charge in [0.25, 0.3) is 0 Å². The molecule has 1 fully saturated rings. The van der Waals surface area contributed by atoms with Gasteiger partial charge in [0.15, 0.2) is 0 Å². The molecule has 0 saturated carbocycles. The maximum atomic E-state index is 12.6. The molecule has 194 valence electrons. The highest BCUT2D eigenvalue weighted by Crippen LogP contribution is 2.26. The average Bonchev–Trinajstić information content (AvgIpc) is 3.51. The molecule has 2 aromatic heterocycles. The van der Waals surface area contributed by atoms with Gasteiger partial charge in [-0.3, -0.25) is 4.72 Å². The van der Waals surface area contributed by atoms with Gasteiger partial charge in [-0.2, -0.15) is 4.98 Å². The SMILES string of the molecule is CNC1CCN(c2ccc(Nc3ncc4ccn(-c5cccc(NS(=O)(=O)C(C)(C)C)c5)c4n3)cc2)C1. The topological polar surface area (TPSA) is 104 Å². The van der Waals surface area contributed by atoms with E-state index in [1.165, 1.54) is 5.69 Å². The average molecular weight is 520 g/mol. The van der Waals surface area contributed by atoms with Crippen molar-refractivity contribution >= 4 is 44.1 Å². The number of rotatable bonds is 7. The molecule has 1 atom stereocenters. The third-order valence-corrected chi connectivity index (χ3v) is 8.81. The Morgan fingerprint density at radius 3 is 2.49 bits per heavy atom. The second-order valence-electron chi connectivity index (χ2n) is 10.3. The number of nitrogens with zero attached hydrogens (tertiary/aromatic N) is 4. The lowest BCUT2D eigenvalue weighted by Gasteiger charge is -2.20. The van der Waals surface area contributed by atoms with Crippen LogP contribution in [0, 0.1) is 0 Å². The molecule has 0 radical (unpaired) electrons. The van der Waals surface area contributed by atoms with Gasteiger partial charge >= 0.3 is 0 Å². The van der Waals surface area contributed by atoms with Crippen molar-refractivity contribution in [3.63, 3.8) is 0 Å². The Morgan fingerprint density at radius 2 is 1.78 bits per heavy atom. The first-order valence-electron chi connectivity index (χ1n) is 12.4. The quantitative estimate of drug-likeness (QED) is 0.330. The highest BCUT2D eigenvalue weighted by Gasteiger charge is 2.29. The Labute approximate surface area is 218 Å². The lowest BCUT2D eigenvalue weighted by Crippen LogP contribution is -2.33. The van der Waals surface area contributed by atoms with E-state index in [9.17, 15) is 8.42 Å². The Bertz CT molecular complexity index is 1510. The number of hydrogen-bond acceptors (Lipinski definition) is 7.